The Morgan fingerprint density at radius 3 is 2.40 bits per heavy atom. The number of benzene rings is 1. The predicted octanol–water partition coefficient (Wildman–Crippen LogP) is 1.47. The van der Waals surface area contributed by atoms with Gasteiger partial charge in [0.05, 0.1) is 0 Å². The molecule has 0 bridgehead atoms. The van der Waals surface area contributed by atoms with Crippen LogP contribution in [0.4, 0.5) is 17.2 Å². The molecular formula is C17H22N6O2. The summed E-state index contributed by atoms with van der Waals surface area (Å²) in [6.45, 7) is 2.75. The molecule has 2 rings (SSSR count). The number of carbonyl (C=O) groups excluding carboxylic acids is 2. The fourth-order valence-electron chi connectivity index (χ4n) is 2.02. The first-order valence-electron chi connectivity index (χ1n) is 7.83. The SMILES string of the molecule is CC(=O)Nc1ccc(Nc2cc(C(=O)NCCN(C)C)ncn2)cc1. The van der Waals surface area contributed by atoms with Crippen molar-refractivity contribution in [1.82, 2.24) is 20.2 Å². The number of nitrogens with one attached hydrogen (secondary N) is 3. The summed E-state index contributed by atoms with van der Waals surface area (Å²) in [5.74, 6) is 0.148. The lowest BCUT2D eigenvalue weighted by Crippen LogP contribution is -2.31. The van der Waals surface area contributed by atoms with Gasteiger partial charge in [0, 0.05) is 37.5 Å². The molecule has 3 N–H and O–H groups in total. The van der Waals surface area contributed by atoms with Crippen LogP contribution < -0.4 is 16.0 Å². The Balaban J connectivity index is 1.98. The van der Waals surface area contributed by atoms with Gasteiger partial charge in [0.15, 0.2) is 0 Å². The molecule has 1 aromatic carbocycles. The maximum Gasteiger partial charge on any atom is 0.270 e. The molecule has 8 heteroatoms. The Morgan fingerprint density at radius 1 is 1.08 bits per heavy atom. The number of carbonyl (C=O) groups is 2. The quantitative estimate of drug-likeness (QED) is 0.705. The van der Waals surface area contributed by atoms with E-state index in [-0.39, 0.29) is 11.8 Å². The third kappa shape index (κ3) is 6.19. The summed E-state index contributed by atoms with van der Waals surface area (Å²) >= 11 is 0. The number of hydrogen-bond donors (Lipinski definition) is 3. The zero-order valence-corrected chi connectivity index (χ0v) is 14.5. The van der Waals surface area contributed by atoms with Crippen LogP contribution in [0.25, 0.3) is 0 Å². The first-order chi connectivity index (χ1) is 11.9. The van der Waals surface area contributed by atoms with Gasteiger partial charge in [-0.3, -0.25) is 9.59 Å². The first-order valence-corrected chi connectivity index (χ1v) is 7.83. The van der Waals surface area contributed by atoms with E-state index in [0.29, 0.717) is 23.7 Å². The van der Waals surface area contributed by atoms with Crippen LogP contribution in [0.1, 0.15) is 17.4 Å². The van der Waals surface area contributed by atoms with Crippen LogP contribution in [0.15, 0.2) is 36.7 Å². The molecule has 0 fully saturated rings. The van der Waals surface area contributed by atoms with Crippen molar-refractivity contribution < 1.29 is 9.59 Å². The van der Waals surface area contributed by atoms with Crippen molar-refractivity contribution >= 4 is 29.0 Å². The normalized spacial score (nSPS) is 10.4. The second-order valence-electron chi connectivity index (χ2n) is 5.73. The summed E-state index contributed by atoms with van der Waals surface area (Å²) in [6.07, 6.45) is 1.34. The summed E-state index contributed by atoms with van der Waals surface area (Å²) in [4.78, 5) is 33.2. The molecule has 0 unspecified atom stereocenters. The fraction of sp³-hybridized carbons (Fsp3) is 0.294. The average Bonchev–Trinajstić information content (AvgIpc) is 2.56. The molecule has 0 spiro atoms. The molecule has 2 amide bonds. The number of nitrogens with zero attached hydrogens (tertiary/aromatic N) is 3. The molecule has 0 saturated carbocycles. The minimum Gasteiger partial charge on any atom is -0.349 e. The van der Waals surface area contributed by atoms with Crippen LogP contribution in [0.3, 0.4) is 0 Å². The highest BCUT2D eigenvalue weighted by molar-refractivity contribution is 5.93. The molecule has 0 saturated heterocycles. The second-order valence-corrected chi connectivity index (χ2v) is 5.73. The van der Waals surface area contributed by atoms with Gasteiger partial charge < -0.3 is 20.9 Å². The summed E-state index contributed by atoms with van der Waals surface area (Å²) in [5.41, 5.74) is 1.79. The van der Waals surface area contributed by atoms with Crippen LogP contribution in [-0.2, 0) is 4.79 Å². The molecule has 25 heavy (non-hydrogen) atoms. The molecule has 0 aliphatic carbocycles. The third-order valence-corrected chi connectivity index (χ3v) is 3.22. The molecule has 1 aromatic heterocycles. The molecule has 0 atom stereocenters. The fourth-order valence-corrected chi connectivity index (χ4v) is 2.02. The zero-order chi connectivity index (χ0) is 18.2. The number of amides is 2. The molecular weight excluding hydrogens is 320 g/mol. The predicted molar refractivity (Wildman–Crippen MR) is 96.9 cm³/mol. The van der Waals surface area contributed by atoms with E-state index in [1.54, 1.807) is 18.2 Å². The van der Waals surface area contributed by atoms with Gasteiger partial charge in [0.25, 0.3) is 5.91 Å². The Morgan fingerprint density at radius 2 is 1.76 bits per heavy atom. The van der Waals surface area contributed by atoms with Crippen molar-refractivity contribution in [2.24, 2.45) is 0 Å². The minimum absolute atomic E-state index is 0.124. The summed E-state index contributed by atoms with van der Waals surface area (Å²) in [7, 11) is 3.88. The van der Waals surface area contributed by atoms with E-state index < -0.39 is 0 Å². The molecule has 132 valence electrons. The molecule has 1 heterocycles. The van der Waals surface area contributed by atoms with Gasteiger partial charge in [-0.2, -0.15) is 0 Å². The second kappa shape index (κ2) is 8.74. The average molecular weight is 342 g/mol. The van der Waals surface area contributed by atoms with E-state index in [1.165, 1.54) is 13.3 Å². The number of hydrogen-bond acceptors (Lipinski definition) is 6. The van der Waals surface area contributed by atoms with Crippen molar-refractivity contribution in [3.8, 4) is 0 Å². The van der Waals surface area contributed by atoms with E-state index >= 15 is 0 Å². The van der Waals surface area contributed by atoms with Crippen LogP contribution >= 0.6 is 0 Å². The topological polar surface area (TPSA) is 99.2 Å². The van der Waals surface area contributed by atoms with Crippen molar-refractivity contribution in [2.75, 3.05) is 37.8 Å². The molecule has 0 radical (unpaired) electrons. The lowest BCUT2D eigenvalue weighted by Gasteiger charge is -2.11. The third-order valence-electron chi connectivity index (χ3n) is 3.22. The minimum atomic E-state index is -0.242. The first kappa shape index (κ1) is 18.3. The van der Waals surface area contributed by atoms with Crippen molar-refractivity contribution in [3.63, 3.8) is 0 Å². The summed E-state index contributed by atoms with van der Waals surface area (Å²) in [5, 5.41) is 8.61. The zero-order valence-electron chi connectivity index (χ0n) is 14.5. The standard InChI is InChI=1S/C17H22N6O2/c1-12(24)21-13-4-6-14(7-5-13)22-16-10-15(19-11-20-16)17(25)18-8-9-23(2)3/h4-7,10-11H,8-9H2,1-3H3,(H,18,25)(H,21,24)(H,19,20,22). The van der Waals surface area contributed by atoms with Crippen LogP contribution in [-0.4, -0.2) is 53.9 Å². The summed E-state index contributed by atoms with van der Waals surface area (Å²) in [6, 6.07) is 8.76. The van der Waals surface area contributed by atoms with Gasteiger partial charge in [-0.15, -0.1) is 0 Å². The molecule has 0 aliphatic heterocycles. The molecule has 8 nitrogen and oxygen atoms in total. The van der Waals surface area contributed by atoms with Crippen molar-refractivity contribution in [1.29, 1.82) is 0 Å². The Bertz CT molecular complexity index is 730. The van der Waals surface area contributed by atoms with Crippen molar-refractivity contribution in [2.45, 2.75) is 6.92 Å². The van der Waals surface area contributed by atoms with Crippen LogP contribution in [0.2, 0.25) is 0 Å². The highest BCUT2D eigenvalue weighted by Gasteiger charge is 2.08. The lowest BCUT2D eigenvalue weighted by molar-refractivity contribution is -0.114. The number of anilines is 3. The van der Waals surface area contributed by atoms with Gasteiger partial charge in [0.2, 0.25) is 5.91 Å². The van der Waals surface area contributed by atoms with E-state index in [2.05, 4.69) is 25.9 Å². The largest absolute Gasteiger partial charge is 0.349 e. The van der Waals surface area contributed by atoms with Crippen molar-refractivity contribution in [3.05, 3.63) is 42.4 Å². The highest BCUT2D eigenvalue weighted by atomic mass is 16.2. The number of rotatable bonds is 7. The Labute approximate surface area is 146 Å². The van der Waals surface area contributed by atoms with Crippen LogP contribution in [0, 0.1) is 0 Å². The summed E-state index contributed by atoms with van der Waals surface area (Å²) < 4.78 is 0. The number of likely N-dealkylation sites (N-methyl/N-ethyl adjacent to an activating group) is 1. The molecule has 0 aliphatic rings. The monoisotopic (exact) mass is 342 g/mol. The van der Waals surface area contributed by atoms with Gasteiger partial charge >= 0.3 is 0 Å². The Kier molecular flexibility index (Phi) is 6.41. The maximum absolute atomic E-state index is 12.1. The molecule has 2 aromatic rings. The van der Waals surface area contributed by atoms with Gasteiger partial charge in [-0.25, -0.2) is 9.97 Å². The smallest absolute Gasteiger partial charge is 0.270 e. The van der Waals surface area contributed by atoms with E-state index in [1.807, 2.05) is 31.1 Å². The highest BCUT2D eigenvalue weighted by Crippen LogP contribution is 2.17. The Hall–Kier alpha value is -3.00. The van der Waals surface area contributed by atoms with Gasteiger partial charge in [-0.05, 0) is 38.4 Å². The van der Waals surface area contributed by atoms with E-state index in [9.17, 15) is 9.59 Å². The van der Waals surface area contributed by atoms with Crippen LogP contribution in [0.5, 0.6) is 0 Å². The van der Waals surface area contributed by atoms with Gasteiger partial charge in [-0.1, -0.05) is 0 Å². The van der Waals surface area contributed by atoms with E-state index in [4.69, 9.17) is 0 Å². The number of aromatic nitrogens is 2. The van der Waals surface area contributed by atoms with E-state index in [0.717, 1.165) is 12.2 Å². The maximum atomic E-state index is 12.1. The lowest BCUT2D eigenvalue weighted by atomic mass is 10.2. The van der Waals surface area contributed by atoms with Gasteiger partial charge in [0.1, 0.15) is 17.8 Å².